The monoisotopic (exact) mass is 239 g/mol. The molecule has 0 aliphatic carbocycles. The second-order valence-corrected chi connectivity index (χ2v) is 3.86. The van der Waals surface area contributed by atoms with E-state index in [0.717, 1.165) is 11.8 Å². The normalized spacial score (nSPS) is 17.9. The Morgan fingerprint density at radius 3 is 2.81 bits per heavy atom. The van der Waals surface area contributed by atoms with Crippen molar-refractivity contribution in [1.29, 1.82) is 0 Å². The van der Waals surface area contributed by atoms with Gasteiger partial charge in [-0.2, -0.15) is 4.99 Å². The molecule has 0 saturated carbocycles. The lowest BCUT2D eigenvalue weighted by molar-refractivity contribution is -0.402. The molecule has 2 N–H and O–H groups in total. The molecule has 0 aromatic carbocycles. The lowest BCUT2D eigenvalue weighted by Crippen LogP contribution is -2.01. The van der Waals surface area contributed by atoms with E-state index < -0.39 is 10.8 Å². The van der Waals surface area contributed by atoms with Crippen LogP contribution in [0.4, 0.5) is 5.88 Å². The van der Waals surface area contributed by atoms with Gasteiger partial charge in [-0.25, -0.2) is 0 Å². The fraction of sp³-hybridized carbons (Fsp3) is 0. The number of aliphatic imine (C=N–C) groups is 1. The minimum absolute atomic E-state index is 0.150. The maximum absolute atomic E-state index is 11.2. The van der Waals surface area contributed by atoms with Crippen LogP contribution in [0.5, 0.6) is 0 Å². The van der Waals surface area contributed by atoms with Gasteiger partial charge in [0.2, 0.25) is 0 Å². The number of furan rings is 1. The number of carbonyl (C=O) groups excluding carboxylic acids is 1. The van der Waals surface area contributed by atoms with Gasteiger partial charge in [0, 0.05) is 6.08 Å². The van der Waals surface area contributed by atoms with E-state index in [1.165, 1.54) is 18.2 Å². The van der Waals surface area contributed by atoms with Gasteiger partial charge in [0.05, 0.1) is 11.0 Å². The predicted molar refractivity (Wildman–Crippen MR) is 57.6 cm³/mol. The van der Waals surface area contributed by atoms with Crippen LogP contribution in [0.2, 0.25) is 0 Å². The molecular weight excluding hydrogens is 234 g/mol. The summed E-state index contributed by atoms with van der Waals surface area (Å²) in [5.74, 6) is -0.634. The molecule has 1 amide bonds. The van der Waals surface area contributed by atoms with E-state index in [4.69, 9.17) is 10.2 Å². The maximum Gasteiger partial charge on any atom is 0.433 e. The number of hydrogen-bond acceptors (Lipinski definition) is 6. The van der Waals surface area contributed by atoms with Crippen molar-refractivity contribution in [1.82, 2.24) is 0 Å². The molecule has 2 rings (SSSR count). The number of amides is 1. The number of amidine groups is 1. The van der Waals surface area contributed by atoms with Crippen LogP contribution in [-0.2, 0) is 4.79 Å². The van der Waals surface area contributed by atoms with Crippen LogP contribution in [-0.4, -0.2) is 16.0 Å². The van der Waals surface area contributed by atoms with Crippen LogP contribution >= 0.6 is 11.8 Å². The van der Waals surface area contributed by atoms with Gasteiger partial charge >= 0.3 is 5.88 Å². The predicted octanol–water partition coefficient (Wildman–Crippen LogP) is 1.12. The zero-order chi connectivity index (χ0) is 11.7. The maximum atomic E-state index is 11.2. The average Bonchev–Trinajstić information content (AvgIpc) is 2.75. The Labute approximate surface area is 93.2 Å². The van der Waals surface area contributed by atoms with Crippen molar-refractivity contribution < 1.29 is 14.1 Å². The van der Waals surface area contributed by atoms with Gasteiger partial charge in [0.15, 0.2) is 5.17 Å². The minimum Gasteiger partial charge on any atom is -0.401 e. The van der Waals surface area contributed by atoms with Gasteiger partial charge in [-0.3, -0.25) is 14.9 Å². The molecule has 0 unspecified atom stereocenters. The van der Waals surface area contributed by atoms with Crippen molar-refractivity contribution in [3.05, 3.63) is 32.9 Å². The van der Waals surface area contributed by atoms with E-state index in [1.54, 1.807) is 0 Å². The van der Waals surface area contributed by atoms with Gasteiger partial charge in [0.1, 0.15) is 10.7 Å². The van der Waals surface area contributed by atoms with Crippen molar-refractivity contribution in [3.63, 3.8) is 0 Å². The molecule has 0 spiro atoms. The van der Waals surface area contributed by atoms with Gasteiger partial charge in [-0.15, -0.1) is 0 Å². The molecule has 0 bridgehead atoms. The van der Waals surface area contributed by atoms with E-state index in [-0.39, 0.29) is 21.7 Å². The first-order chi connectivity index (χ1) is 7.56. The molecule has 2 heterocycles. The number of carbonyl (C=O) groups is 1. The number of nitrogens with two attached hydrogens (primary N) is 1. The molecule has 0 saturated heterocycles. The molecular formula is C8H5N3O4S. The topological polar surface area (TPSA) is 112 Å². The van der Waals surface area contributed by atoms with Gasteiger partial charge in [0.25, 0.3) is 5.91 Å². The van der Waals surface area contributed by atoms with Crippen LogP contribution in [0.25, 0.3) is 6.08 Å². The Kier molecular flexibility index (Phi) is 2.49. The smallest absolute Gasteiger partial charge is 0.401 e. The van der Waals surface area contributed by atoms with Crippen molar-refractivity contribution in [3.8, 4) is 0 Å². The molecule has 0 fully saturated rings. The summed E-state index contributed by atoms with van der Waals surface area (Å²) in [5.41, 5.74) is 5.34. The van der Waals surface area contributed by atoms with Crippen LogP contribution in [0.1, 0.15) is 5.76 Å². The van der Waals surface area contributed by atoms with Gasteiger partial charge in [-0.1, -0.05) is 0 Å². The Morgan fingerprint density at radius 1 is 1.56 bits per heavy atom. The van der Waals surface area contributed by atoms with Crippen LogP contribution in [0.3, 0.4) is 0 Å². The minimum atomic E-state index is -0.656. The summed E-state index contributed by atoms with van der Waals surface area (Å²) >= 11 is 0.996. The highest BCUT2D eigenvalue weighted by Gasteiger charge is 2.20. The molecule has 0 radical (unpaired) electrons. The zero-order valence-corrected chi connectivity index (χ0v) is 8.56. The third kappa shape index (κ3) is 1.96. The quantitative estimate of drug-likeness (QED) is 0.470. The van der Waals surface area contributed by atoms with Crippen molar-refractivity contribution >= 4 is 34.8 Å². The number of thioether (sulfide) groups is 1. The summed E-state index contributed by atoms with van der Waals surface area (Å²) in [6, 6.07) is 2.61. The largest absolute Gasteiger partial charge is 0.433 e. The van der Waals surface area contributed by atoms with Gasteiger partial charge in [-0.05, 0) is 17.8 Å². The second-order valence-electron chi connectivity index (χ2n) is 2.80. The number of rotatable bonds is 2. The molecule has 0 atom stereocenters. The third-order valence-corrected chi connectivity index (χ3v) is 2.52. The van der Waals surface area contributed by atoms with Crippen molar-refractivity contribution in [2.75, 3.05) is 0 Å². The third-order valence-electron chi connectivity index (χ3n) is 1.70. The van der Waals surface area contributed by atoms with E-state index in [0.29, 0.717) is 0 Å². The first-order valence-electron chi connectivity index (χ1n) is 4.08. The Morgan fingerprint density at radius 2 is 2.31 bits per heavy atom. The molecule has 16 heavy (non-hydrogen) atoms. The van der Waals surface area contributed by atoms with Crippen molar-refractivity contribution in [2.45, 2.75) is 0 Å². The number of nitrogens with zero attached hydrogens (tertiary/aromatic N) is 2. The summed E-state index contributed by atoms with van der Waals surface area (Å²) in [6.07, 6.45) is 1.36. The molecule has 1 aromatic heterocycles. The van der Waals surface area contributed by atoms with Gasteiger partial charge < -0.3 is 10.2 Å². The Bertz CT molecular complexity index is 531. The number of hydrogen-bond donors (Lipinski definition) is 1. The Hall–Kier alpha value is -2.09. The Balaban J connectivity index is 2.24. The average molecular weight is 239 g/mol. The standard InChI is InChI=1S/C8H5N3O4S/c9-8-10-7(12)5(16-8)3-4-1-2-6(15-4)11(13)14/h1-3H,(H2,9,10,12)/b5-3+. The fourth-order valence-electron chi connectivity index (χ4n) is 1.07. The zero-order valence-electron chi connectivity index (χ0n) is 7.75. The summed E-state index contributed by atoms with van der Waals surface area (Å²) < 4.78 is 4.86. The van der Waals surface area contributed by atoms with Crippen LogP contribution in [0, 0.1) is 10.1 Å². The lowest BCUT2D eigenvalue weighted by atomic mass is 10.4. The first-order valence-corrected chi connectivity index (χ1v) is 4.90. The highest BCUT2D eigenvalue weighted by Crippen LogP contribution is 2.27. The highest BCUT2D eigenvalue weighted by molar-refractivity contribution is 8.18. The SMILES string of the molecule is NC1=NC(=O)/C(=C\c2ccc([N+](=O)[O-])o2)S1. The summed E-state index contributed by atoms with van der Waals surface area (Å²) in [5, 5.41) is 10.5. The van der Waals surface area contributed by atoms with Crippen molar-refractivity contribution in [2.24, 2.45) is 10.7 Å². The molecule has 1 aliphatic heterocycles. The molecule has 82 valence electrons. The lowest BCUT2D eigenvalue weighted by Gasteiger charge is -1.89. The molecule has 7 nitrogen and oxygen atoms in total. The fourth-order valence-corrected chi connectivity index (χ4v) is 1.73. The summed E-state index contributed by atoms with van der Waals surface area (Å²) in [6.45, 7) is 0. The molecule has 8 heteroatoms. The first kappa shape index (κ1) is 10.4. The summed E-state index contributed by atoms with van der Waals surface area (Å²) in [7, 11) is 0. The van der Waals surface area contributed by atoms with Crippen LogP contribution in [0.15, 0.2) is 26.4 Å². The van der Waals surface area contributed by atoms with E-state index in [9.17, 15) is 14.9 Å². The second kappa shape index (κ2) is 3.81. The molecule has 1 aromatic rings. The summed E-state index contributed by atoms with van der Waals surface area (Å²) in [4.78, 5) is 24.6. The van der Waals surface area contributed by atoms with E-state index in [1.807, 2.05) is 0 Å². The molecule has 1 aliphatic rings. The van der Waals surface area contributed by atoms with E-state index >= 15 is 0 Å². The van der Waals surface area contributed by atoms with Crippen LogP contribution < -0.4 is 5.73 Å². The number of nitro groups is 1. The highest BCUT2D eigenvalue weighted by atomic mass is 32.2. The van der Waals surface area contributed by atoms with E-state index in [2.05, 4.69) is 4.99 Å².